The van der Waals surface area contributed by atoms with Crippen molar-refractivity contribution in [3.63, 3.8) is 0 Å². The minimum absolute atomic E-state index is 0.232. The molecule has 5 nitrogen and oxygen atoms in total. The van der Waals surface area contributed by atoms with E-state index in [1.165, 1.54) is 43.4 Å². The Morgan fingerprint density at radius 1 is 0.750 bits per heavy atom. The molecule has 0 bridgehead atoms. The summed E-state index contributed by atoms with van der Waals surface area (Å²) in [5.41, 5.74) is 5.31. The summed E-state index contributed by atoms with van der Waals surface area (Å²) in [6.07, 6.45) is 11.9. The summed E-state index contributed by atoms with van der Waals surface area (Å²) in [7, 11) is 2.11. The summed E-state index contributed by atoms with van der Waals surface area (Å²) in [5.74, 6) is 1.88. The van der Waals surface area contributed by atoms with Crippen molar-refractivity contribution in [2.75, 3.05) is 18.6 Å². The molecule has 0 radical (unpaired) electrons. The highest BCUT2D eigenvalue weighted by atomic mass is 32.2. The summed E-state index contributed by atoms with van der Waals surface area (Å²) < 4.78 is 18.5. The van der Waals surface area contributed by atoms with Crippen molar-refractivity contribution in [1.29, 1.82) is 0 Å². The zero-order chi connectivity index (χ0) is 36.1. The van der Waals surface area contributed by atoms with Gasteiger partial charge in [0.25, 0.3) is 0 Å². The highest BCUT2D eigenvalue weighted by Crippen LogP contribution is 2.54. The third-order valence-electron chi connectivity index (χ3n) is 10.4. The highest BCUT2D eigenvalue weighted by molar-refractivity contribution is 7.99. The van der Waals surface area contributed by atoms with Crippen LogP contribution in [0, 0.1) is 0 Å². The topological polar surface area (TPSA) is 48.0 Å². The van der Waals surface area contributed by atoms with Gasteiger partial charge in [-0.05, 0) is 122 Å². The predicted octanol–water partition coefficient (Wildman–Crippen LogP) is 12.0. The Kier molecular flexibility index (Phi) is 10.5. The van der Waals surface area contributed by atoms with Crippen LogP contribution in [0.3, 0.4) is 0 Å². The average molecular weight is 710 g/mol. The van der Waals surface area contributed by atoms with Gasteiger partial charge in [0.2, 0.25) is 5.72 Å². The van der Waals surface area contributed by atoms with E-state index in [0.29, 0.717) is 11.3 Å². The smallest absolute Gasteiger partial charge is 0.343 e. The minimum Gasteiger partial charge on any atom is -0.494 e. The van der Waals surface area contributed by atoms with Crippen molar-refractivity contribution in [3.05, 3.63) is 138 Å². The second kappa shape index (κ2) is 15.3. The maximum atomic E-state index is 13.0. The Balaban J connectivity index is 0.916. The van der Waals surface area contributed by atoms with E-state index in [2.05, 4.69) is 99.5 Å². The van der Waals surface area contributed by atoms with E-state index in [0.717, 1.165) is 51.0 Å². The zero-order valence-electron chi connectivity index (χ0n) is 30.6. The van der Waals surface area contributed by atoms with Gasteiger partial charge >= 0.3 is 5.97 Å². The standard InChI is InChI=1S/C46H47NO4S/c1-5-6-7-8-9-12-31-49-37-21-19-34(20-22-37)33-15-17-35(18-16-33)44(48)50-38-23-25-39(26-24-38)52-40-27-28-43-36(32-40)29-30-46(51-43)45(2,3)41-13-10-11-14-42(41)47(46)4/h10-11,13-30,32H,5-9,12,31H2,1-4H3/t46-/m1/s1. The molecular formula is C46H47NO4S. The molecule has 6 heteroatoms. The molecule has 0 saturated carbocycles. The van der Waals surface area contributed by atoms with Crippen LogP contribution in [0.4, 0.5) is 5.69 Å². The number of likely N-dealkylation sites (N-methyl/N-ethyl adjacent to an activating group) is 1. The van der Waals surface area contributed by atoms with E-state index in [1.807, 2.05) is 60.7 Å². The third-order valence-corrected chi connectivity index (χ3v) is 11.4. The van der Waals surface area contributed by atoms with Crippen LogP contribution in [0.15, 0.2) is 131 Å². The SMILES string of the molecule is CCCCCCCCOc1ccc(-c2ccc(C(=O)Oc3ccc(Sc4ccc5c(c4)C=C[C@]4(O5)N(C)c5ccccc5C4(C)C)cc3)cc2)cc1. The lowest BCUT2D eigenvalue weighted by Crippen LogP contribution is -2.58. The number of carbonyl (C=O) groups is 1. The quantitative estimate of drug-likeness (QED) is 0.0689. The molecule has 0 aromatic heterocycles. The number of anilines is 1. The van der Waals surface area contributed by atoms with Gasteiger partial charge in [-0.15, -0.1) is 0 Å². The van der Waals surface area contributed by atoms with E-state index in [9.17, 15) is 4.79 Å². The van der Waals surface area contributed by atoms with Gasteiger partial charge in [0.05, 0.1) is 17.6 Å². The van der Waals surface area contributed by atoms with Gasteiger partial charge in [-0.2, -0.15) is 0 Å². The Hall–Kier alpha value is -4.94. The molecule has 0 N–H and O–H groups in total. The Labute approximate surface area is 312 Å². The third kappa shape index (κ3) is 7.22. The van der Waals surface area contributed by atoms with Gasteiger partial charge in [0.15, 0.2) is 0 Å². The van der Waals surface area contributed by atoms with Crippen LogP contribution < -0.4 is 19.1 Å². The van der Waals surface area contributed by atoms with Crippen LogP contribution in [0.2, 0.25) is 0 Å². The molecule has 5 aromatic rings. The molecule has 0 aliphatic carbocycles. The molecule has 0 saturated heterocycles. The van der Waals surface area contributed by atoms with Crippen molar-refractivity contribution >= 4 is 29.5 Å². The minimum atomic E-state index is -0.595. The number of ether oxygens (including phenoxy) is 3. The number of esters is 1. The molecule has 1 spiro atoms. The van der Waals surface area contributed by atoms with Crippen molar-refractivity contribution in [1.82, 2.24) is 0 Å². The van der Waals surface area contributed by atoms with Gasteiger partial charge in [-0.3, -0.25) is 0 Å². The lowest BCUT2D eigenvalue weighted by Gasteiger charge is -2.45. The number of rotatable bonds is 13. The van der Waals surface area contributed by atoms with Crippen molar-refractivity contribution in [2.24, 2.45) is 0 Å². The molecular weight excluding hydrogens is 663 g/mol. The van der Waals surface area contributed by atoms with E-state index < -0.39 is 5.72 Å². The van der Waals surface area contributed by atoms with E-state index >= 15 is 0 Å². The van der Waals surface area contributed by atoms with Gasteiger partial charge < -0.3 is 19.1 Å². The van der Waals surface area contributed by atoms with Crippen molar-refractivity contribution < 1.29 is 19.0 Å². The molecule has 2 aliphatic heterocycles. The van der Waals surface area contributed by atoms with Crippen LogP contribution in [-0.4, -0.2) is 25.3 Å². The van der Waals surface area contributed by atoms with Crippen LogP contribution in [-0.2, 0) is 5.41 Å². The van der Waals surface area contributed by atoms with Crippen molar-refractivity contribution in [3.8, 4) is 28.4 Å². The Morgan fingerprint density at radius 2 is 1.40 bits per heavy atom. The van der Waals surface area contributed by atoms with Crippen LogP contribution in [0.25, 0.3) is 17.2 Å². The molecule has 2 heterocycles. The lowest BCUT2D eigenvalue weighted by atomic mass is 9.76. The molecule has 266 valence electrons. The highest BCUT2D eigenvalue weighted by Gasteiger charge is 2.57. The normalized spacial score (nSPS) is 16.7. The maximum Gasteiger partial charge on any atom is 0.343 e. The van der Waals surface area contributed by atoms with Gasteiger partial charge in [-0.1, -0.05) is 93.3 Å². The molecule has 0 unspecified atom stereocenters. The molecule has 2 aliphatic rings. The summed E-state index contributed by atoms with van der Waals surface area (Å²) >= 11 is 1.66. The fourth-order valence-electron chi connectivity index (χ4n) is 7.31. The largest absolute Gasteiger partial charge is 0.494 e. The fourth-order valence-corrected chi connectivity index (χ4v) is 8.18. The molecule has 7 rings (SSSR count). The van der Waals surface area contributed by atoms with Crippen LogP contribution in [0.1, 0.15) is 80.8 Å². The molecule has 0 amide bonds. The van der Waals surface area contributed by atoms with Crippen LogP contribution >= 0.6 is 11.8 Å². The zero-order valence-corrected chi connectivity index (χ0v) is 31.4. The number of nitrogens with zero attached hydrogens (tertiary/aromatic N) is 1. The fraction of sp³-hybridized carbons (Fsp3) is 0.283. The monoisotopic (exact) mass is 709 g/mol. The number of hydrogen-bond donors (Lipinski definition) is 0. The van der Waals surface area contributed by atoms with Gasteiger partial charge in [-0.25, -0.2) is 4.79 Å². The lowest BCUT2D eigenvalue weighted by molar-refractivity contribution is 0.0581. The van der Waals surface area contributed by atoms with Gasteiger partial charge in [0.1, 0.15) is 17.2 Å². The van der Waals surface area contributed by atoms with Gasteiger partial charge in [0, 0.05) is 28.1 Å². The number of fused-ring (bicyclic) bond motifs is 2. The van der Waals surface area contributed by atoms with E-state index in [-0.39, 0.29) is 11.4 Å². The second-order valence-electron chi connectivity index (χ2n) is 14.2. The summed E-state index contributed by atoms with van der Waals surface area (Å²) in [6.45, 7) is 7.49. The summed E-state index contributed by atoms with van der Waals surface area (Å²) in [5, 5.41) is 0. The number of unbranched alkanes of at least 4 members (excludes halogenated alkanes) is 5. The molecule has 5 aromatic carbocycles. The first-order chi connectivity index (χ1) is 25.3. The van der Waals surface area contributed by atoms with Crippen molar-refractivity contribution in [2.45, 2.75) is 80.2 Å². The molecule has 1 atom stereocenters. The van der Waals surface area contributed by atoms with E-state index in [4.69, 9.17) is 14.2 Å². The first-order valence-corrected chi connectivity index (χ1v) is 19.3. The first kappa shape index (κ1) is 35.5. The van der Waals surface area contributed by atoms with E-state index in [1.54, 1.807) is 11.8 Å². The number of para-hydroxylation sites is 1. The Morgan fingerprint density at radius 3 is 2.13 bits per heavy atom. The molecule has 52 heavy (non-hydrogen) atoms. The van der Waals surface area contributed by atoms with Crippen LogP contribution in [0.5, 0.6) is 17.2 Å². The number of hydrogen-bond acceptors (Lipinski definition) is 6. The summed E-state index contributed by atoms with van der Waals surface area (Å²) in [4.78, 5) is 17.4. The summed E-state index contributed by atoms with van der Waals surface area (Å²) in [6, 6.07) is 38.2. The predicted molar refractivity (Wildman–Crippen MR) is 213 cm³/mol. The maximum absolute atomic E-state index is 13.0. The molecule has 0 fully saturated rings. The first-order valence-electron chi connectivity index (χ1n) is 18.5. The second-order valence-corrected chi connectivity index (χ2v) is 15.4. The number of carbonyl (C=O) groups excluding carboxylic acids is 1. The average Bonchev–Trinajstić information content (AvgIpc) is 3.33. The Bertz CT molecular complexity index is 2040. The number of benzene rings is 5.